The monoisotopic (exact) mass is 289 g/mol. The third-order valence-corrected chi connectivity index (χ3v) is 4.34. The van der Waals surface area contributed by atoms with Gasteiger partial charge in [0.05, 0.1) is 6.10 Å². The number of nitrogens with one attached hydrogen (secondary N) is 1. The highest BCUT2D eigenvalue weighted by molar-refractivity contribution is 5.52. The first kappa shape index (κ1) is 16.2. The van der Waals surface area contributed by atoms with Gasteiger partial charge in [-0.25, -0.2) is 0 Å². The molecule has 0 amide bonds. The zero-order valence-electron chi connectivity index (χ0n) is 14.0. The zero-order valence-corrected chi connectivity index (χ0v) is 14.0. The number of ether oxygens (including phenoxy) is 1. The normalized spacial score (nSPS) is 16.2. The Morgan fingerprint density at radius 2 is 1.95 bits per heavy atom. The number of rotatable bonds is 7. The minimum atomic E-state index is 0.426. The standard InChI is InChI=1S/C19H31NO/c1-4-16-10-11-17(20-13-12-15(2)3)14-19(16)21-18-8-6-5-7-9-18/h10-11,14-15,18,20H,4-9,12-13H2,1-3H3. The van der Waals surface area contributed by atoms with Crippen LogP contribution in [0.4, 0.5) is 5.69 Å². The van der Waals surface area contributed by atoms with Gasteiger partial charge < -0.3 is 10.1 Å². The van der Waals surface area contributed by atoms with E-state index in [4.69, 9.17) is 4.74 Å². The Morgan fingerprint density at radius 1 is 1.19 bits per heavy atom. The molecule has 1 aliphatic rings. The average Bonchev–Trinajstić information content (AvgIpc) is 2.48. The quantitative estimate of drug-likeness (QED) is 0.723. The number of hydrogen-bond acceptors (Lipinski definition) is 2. The highest BCUT2D eigenvalue weighted by atomic mass is 16.5. The van der Waals surface area contributed by atoms with E-state index in [2.05, 4.69) is 44.3 Å². The fourth-order valence-electron chi connectivity index (χ4n) is 2.93. The Kier molecular flexibility index (Phi) is 6.41. The molecule has 1 aliphatic carbocycles. The molecule has 0 radical (unpaired) electrons. The Labute approximate surface area is 130 Å². The Bertz CT molecular complexity index is 422. The summed E-state index contributed by atoms with van der Waals surface area (Å²) in [6.45, 7) is 7.76. The van der Waals surface area contributed by atoms with Crippen LogP contribution in [-0.2, 0) is 6.42 Å². The van der Waals surface area contributed by atoms with E-state index in [0.717, 1.165) is 24.6 Å². The molecule has 0 heterocycles. The lowest BCUT2D eigenvalue weighted by Gasteiger charge is -2.24. The Morgan fingerprint density at radius 3 is 2.62 bits per heavy atom. The smallest absolute Gasteiger partial charge is 0.124 e. The molecule has 1 aromatic carbocycles. The van der Waals surface area contributed by atoms with Crippen LogP contribution in [0, 0.1) is 5.92 Å². The molecule has 0 aliphatic heterocycles. The van der Waals surface area contributed by atoms with E-state index in [0.29, 0.717) is 6.10 Å². The first-order chi connectivity index (χ1) is 10.2. The largest absolute Gasteiger partial charge is 0.490 e. The predicted molar refractivity (Wildman–Crippen MR) is 91.3 cm³/mol. The topological polar surface area (TPSA) is 21.3 Å². The average molecular weight is 289 g/mol. The molecule has 2 nitrogen and oxygen atoms in total. The SMILES string of the molecule is CCc1ccc(NCCC(C)C)cc1OC1CCCCC1. The molecule has 0 atom stereocenters. The lowest BCUT2D eigenvalue weighted by Crippen LogP contribution is -2.20. The van der Waals surface area contributed by atoms with Crippen molar-refractivity contribution in [2.24, 2.45) is 5.92 Å². The third kappa shape index (κ3) is 5.26. The molecule has 0 spiro atoms. The summed E-state index contributed by atoms with van der Waals surface area (Å²) in [5.74, 6) is 1.84. The van der Waals surface area contributed by atoms with Gasteiger partial charge in [0.15, 0.2) is 0 Å². The maximum Gasteiger partial charge on any atom is 0.124 e. The van der Waals surface area contributed by atoms with Crippen molar-refractivity contribution in [2.45, 2.75) is 71.8 Å². The fraction of sp³-hybridized carbons (Fsp3) is 0.684. The van der Waals surface area contributed by atoms with Crippen molar-refractivity contribution < 1.29 is 4.74 Å². The lowest BCUT2D eigenvalue weighted by atomic mass is 9.97. The van der Waals surface area contributed by atoms with Gasteiger partial charge in [-0.3, -0.25) is 0 Å². The van der Waals surface area contributed by atoms with Gasteiger partial charge in [-0.1, -0.05) is 33.3 Å². The lowest BCUT2D eigenvalue weighted by molar-refractivity contribution is 0.153. The van der Waals surface area contributed by atoms with Crippen molar-refractivity contribution in [2.75, 3.05) is 11.9 Å². The van der Waals surface area contributed by atoms with Gasteiger partial charge in [-0.05, 0) is 56.1 Å². The van der Waals surface area contributed by atoms with Crippen molar-refractivity contribution in [1.82, 2.24) is 0 Å². The zero-order chi connectivity index (χ0) is 15.1. The second kappa shape index (κ2) is 8.31. The summed E-state index contributed by atoms with van der Waals surface area (Å²) in [5, 5.41) is 3.52. The summed E-state index contributed by atoms with van der Waals surface area (Å²) in [7, 11) is 0. The number of benzene rings is 1. The van der Waals surface area contributed by atoms with Crippen LogP contribution in [0.5, 0.6) is 5.75 Å². The number of aryl methyl sites for hydroxylation is 1. The van der Waals surface area contributed by atoms with Crippen molar-refractivity contribution in [3.05, 3.63) is 23.8 Å². The molecule has 118 valence electrons. The Balaban J connectivity index is 1.99. The van der Waals surface area contributed by atoms with Crippen LogP contribution in [0.3, 0.4) is 0 Å². The van der Waals surface area contributed by atoms with E-state index in [1.807, 2.05) is 0 Å². The van der Waals surface area contributed by atoms with Gasteiger partial charge in [0.25, 0.3) is 0 Å². The molecule has 0 bridgehead atoms. The molecular weight excluding hydrogens is 258 g/mol. The minimum Gasteiger partial charge on any atom is -0.490 e. The van der Waals surface area contributed by atoms with Gasteiger partial charge in [0.1, 0.15) is 5.75 Å². The number of hydrogen-bond donors (Lipinski definition) is 1. The molecule has 21 heavy (non-hydrogen) atoms. The van der Waals surface area contributed by atoms with Gasteiger partial charge in [0.2, 0.25) is 0 Å². The van der Waals surface area contributed by atoms with E-state index in [1.54, 1.807) is 0 Å². The second-order valence-corrected chi connectivity index (χ2v) is 6.66. The number of anilines is 1. The van der Waals surface area contributed by atoms with Crippen LogP contribution < -0.4 is 10.1 Å². The third-order valence-electron chi connectivity index (χ3n) is 4.34. The molecule has 1 fully saturated rings. The minimum absolute atomic E-state index is 0.426. The van der Waals surface area contributed by atoms with E-state index in [9.17, 15) is 0 Å². The molecular formula is C19H31NO. The molecule has 2 rings (SSSR count). The van der Waals surface area contributed by atoms with Crippen LogP contribution >= 0.6 is 0 Å². The van der Waals surface area contributed by atoms with Crippen molar-refractivity contribution in [3.63, 3.8) is 0 Å². The summed E-state index contributed by atoms with van der Waals surface area (Å²) in [6.07, 6.45) is 9.11. The molecule has 1 aromatic rings. The van der Waals surface area contributed by atoms with E-state index in [-0.39, 0.29) is 0 Å². The van der Waals surface area contributed by atoms with Crippen molar-refractivity contribution in [1.29, 1.82) is 0 Å². The first-order valence-electron chi connectivity index (χ1n) is 8.72. The van der Waals surface area contributed by atoms with E-state index < -0.39 is 0 Å². The first-order valence-corrected chi connectivity index (χ1v) is 8.72. The van der Waals surface area contributed by atoms with Gasteiger partial charge in [-0.2, -0.15) is 0 Å². The summed E-state index contributed by atoms with van der Waals surface area (Å²) >= 11 is 0. The second-order valence-electron chi connectivity index (χ2n) is 6.66. The molecule has 1 N–H and O–H groups in total. The molecule has 1 saturated carbocycles. The Hall–Kier alpha value is -1.18. The van der Waals surface area contributed by atoms with Crippen LogP contribution in [0.25, 0.3) is 0 Å². The van der Waals surface area contributed by atoms with E-state index >= 15 is 0 Å². The molecule has 0 aromatic heterocycles. The van der Waals surface area contributed by atoms with E-state index in [1.165, 1.54) is 49.8 Å². The molecule has 0 saturated heterocycles. The van der Waals surface area contributed by atoms with Crippen molar-refractivity contribution >= 4 is 5.69 Å². The fourth-order valence-corrected chi connectivity index (χ4v) is 2.93. The van der Waals surface area contributed by atoms with Crippen LogP contribution in [0.2, 0.25) is 0 Å². The van der Waals surface area contributed by atoms with Gasteiger partial charge in [-0.15, -0.1) is 0 Å². The summed E-state index contributed by atoms with van der Waals surface area (Å²) in [5.41, 5.74) is 2.52. The highest BCUT2D eigenvalue weighted by Crippen LogP contribution is 2.29. The summed E-state index contributed by atoms with van der Waals surface area (Å²) in [4.78, 5) is 0. The predicted octanol–water partition coefficient (Wildman–Crippen LogP) is 5.42. The maximum absolute atomic E-state index is 6.31. The summed E-state index contributed by atoms with van der Waals surface area (Å²) < 4.78 is 6.31. The van der Waals surface area contributed by atoms with Crippen LogP contribution in [0.1, 0.15) is 64.9 Å². The molecule has 0 unspecified atom stereocenters. The highest BCUT2D eigenvalue weighted by Gasteiger charge is 2.16. The molecule has 2 heteroatoms. The van der Waals surface area contributed by atoms with Gasteiger partial charge >= 0.3 is 0 Å². The summed E-state index contributed by atoms with van der Waals surface area (Å²) in [6, 6.07) is 6.61. The maximum atomic E-state index is 6.31. The van der Waals surface area contributed by atoms with Gasteiger partial charge in [0, 0.05) is 18.3 Å². The van der Waals surface area contributed by atoms with Crippen LogP contribution in [-0.4, -0.2) is 12.6 Å². The van der Waals surface area contributed by atoms with Crippen LogP contribution in [0.15, 0.2) is 18.2 Å². The van der Waals surface area contributed by atoms with Crippen molar-refractivity contribution in [3.8, 4) is 5.75 Å².